The van der Waals surface area contributed by atoms with Crippen LogP contribution in [0.2, 0.25) is 0 Å². The van der Waals surface area contributed by atoms with E-state index in [1.807, 2.05) is 0 Å². The lowest BCUT2D eigenvalue weighted by molar-refractivity contribution is -0.661. The molecule has 0 radical (unpaired) electrons. The van der Waals surface area contributed by atoms with Crippen molar-refractivity contribution in [2.75, 3.05) is 45.8 Å². The van der Waals surface area contributed by atoms with Crippen LogP contribution in [0.5, 0.6) is 0 Å². The fraction of sp³-hybridized carbons (Fsp3) is 0.659. The number of carboxylic acids is 3. The Balaban J connectivity index is 0.00000142. The number of rotatable bonds is 18. The number of carboxylic acid groups (broad SMARTS) is 3. The first-order chi connectivity index (χ1) is 26.2. The maximum Gasteiger partial charge on any atom is 0.307 e. The van der Waals surface area contributed by atoms with Crippen LogP contribution < -0.4 is 16.0 Å². The van der Waals surface area contributed by atoms with Crippen molar-refractivity contribution in [3.8, 4) is 0 Å². The minimum absolute atomic E-state index is 0. The topological polar surface area (TPSA) is 151 Å². The predicted octanol–water partition coefficient (Wildman–Crippen LogP) is 5.52. The Morgan fingerprint density at radius 2 is 1.00 bits per heavy atom. The first-order valence-electron chi connectivity index (χ1n) is 20.9. The molecular formula is C44H60Cl4N4O6. The molecule has 6 saturated carbocycles. The molecule has 3 aliphatic heterocycles. The lowest BCUT2D eigenvalue weighted by atomic mass is 8.91. The van der Waals surface area contributed by atoms with Gasteiger partial charge in [-0.1, -0.05) is 48.5 Å². The number of hydrogen-bond acceptors (Lipinski definition) is 7. The van der Waals surface area contributed by atoms with Gasteiger partial charge in [0, 0.05) is 19.6 Å². The molecule has 9 fully saturated rings. The first kappa shape index (κ1) is 45.4. The summed E-state index contributed by atoms with van der Waals surface area (Å²) in [6.45, 7) is 7.55. The number of halogens is 4. The summed E-state index contributed by atoms with van der Waals surface area (Å²) in [5.41, 5.74) is 5.09. The van der Waals surface area contributed by atoms with Crippen molar-refractivity contribution in [3.05, 3.63) is 70.8 Å². The summed E-state index contributed by atoms with van der Waals surface area (Å²) in [6, 6.07) is 17.1. The predicted molar refractivity (Wildman–Crippen MR) is 230 cm³/mol. The van der Waals surface area contributed by atoms with Gasteiger partial charge in [0.2, 0.25) is 0 Å². The molecule has 58 heavy (non-hydrogen) atoms. The van der Waals surface area contributed by atoms with Gasteiger partial charge in [0.15, 0.2) is 0 Å². The third-order valence-electron chi connectivity index (χ3n) is 16.7. The van der Waals surface area contributed by atoms with Crippen molar-refractivity contribution in [1.29, 1.82) is 0 Å². The maximum atomic E-state index is 12.6. The van der Waals surface area contributed by atoms with E-state index in [1.165, 1.54) is 11.1 Å². The zero-order chi connectivity index (χ0) is 36.9. The van der Waals surface area contributed by atoms with Crippen molar-refractivity contribution < 1.29 is 29.7 Å². The maximum absolute atomic E-state index is 12.6. The molecule has 0 bridgehead atoms. The molecule has 0 spiro atoms. The van der Waals surface area contributed by atoms with Gasteiger partial charge in [-0.3, -0.25) is 19.3 Å². The molecule has 3 heterocycles. The average Bonchev–Trinajstić information content (AvgIpc) is 3.97. The zero-order valence-electron chi connectivity index (χ0n) is 32.8. The van der Waals surface area contributed by atoms with Gasteiger partial charge in [-0.15, -0.1) is 49.6 Å². The minimum Gasteiger partial charge on any atom is -0.481 e. The second kappa shape index (κ2) is 17.3. The van der Waals surface area contributed by atoms with E-state index in [1.54, 1.807) is 0 Å². The molecule has 3 saturated heterocycles. The summed E-state index contributed by atoms with van der Waals surface area (Å²) < 4.78 is 0. The zero-order valence-corrected chi connectivity index (χ0v) is 36.1. The fourth-order valence-electron chi connectivity index (χ4n) is 14.9. The summed E-state index contributed by atoms with van der Waals surface area (Å²) >= 11 is 0. The molecule has 320 valence electrons. The van der Waals surface area contributed by atoms with Crippen molar-refractivity contribution in [3.63, 3.8) is 0 Å². The highest BCUT2D eigenvalue weighted by molar-refractivity contribution is 5.86. The molecule has 10 atom stereocenters. The number of benzene rings is 2. The van der Waals surface area contributed by atoms with Gasteiger partial charge in [-0.2, -0.15) is 0 Å². The SMILES string of the molecule is Cl.Cl.Cl.Cl.O=C(O)[C@@H](Cc1cccc(CN(Cc2cccc(C[C@H](C(=O)O)[C@H]3CCNC3)c2)CC23C4C5C6C4C2C6(C[C@@H](C(=O)O)[C@H]2CCNC2)C53)c1)[C@H]1CCNC1. The lowest BCUT2D eigenvalue weighted by Gasteiger charge is -3.12. The molecule has 2 aromatic rings. The molecule has 2 aromatic carbocycles. The van der Waals surface area contributed by atoms with Crippen molar-refractivity contribution in [2.45, 2.75) is 51.6 Å². The van der Waals surface area contributed by atoms with E-state index < -0.39 is 29.7 Å². The largest absolute Gasteiger partial charge is 0.481 e. The van der Waals surface area contributed by atoms with Gasteiger partial charge in [0.25, 0.3) is 0 Å². The Labute approximate surface area is 366 Å². The standard InChI is InChI=1S/C44H56N4O6.4ClH/c49-40(50)31(28-7-10-45-18-28)15-24-3-1-5-26(13-24)21-48(22-27-6-2-4-25(14-27)16-32(41(51)52)29-8-11-46-19-29)23-44-37-34-36-35(37)39(44)43(36,38(34)44)17-33(42(53)54)30-9-12-47-20-30;;;;/h1-6,13-14,28-39,45-47H,7-12,15-23H2,(H,49,50)(H,51,52)(H,53,54);4*1H/t28-,29-,30-,31-,32-,33+,34?,35?,36?,37?,38?,39?,43?,44?;;;;/m0..../s1. The Hall–Kier alpha value is -2.15. The lowest BCUT2D eigenvalue weighted by Crippen LogP contribution is -3.10. The van der Waals surface area contributed by atoms with Crippen molar-refractivity contribution in [2.24, 2.45) is 81.8 Å². The summed E-state index contributed by atoms with van der Waals surface area (Å²) in [5.74, 6) is 1.94. The molecule has 11 rings (SSSR count). The highest BCUT2D eigenvalue weighted by Crippen LogP contribution is 3.11. The smallest absolute Gasteiger partial charge is 0.307 e. The van der Waals surface area contributed by atoms with Crippen LogP contribution in [0.25, 0.3) is 0 Å². The quantitative estimate of drug-likeness (QED) is 0.113. The number of carbonyl (C=O) groups is 3. The summed E-state index contributed by atoms with van der Waals surface area (Å²) in [6.07, 6.45) is 4.69. The fourth-order valence-corrected chi connectivity index (χ4v) is 14.9. The summed E-state index contributed by atoms with van der Waals surface area (Å²) in [4.78, 5) is 40.0. The molecule has 4 unspecified atom stereocenters. The number of aliphatic carboxylic acids is 3. The molecule has 9 aliphatic rings. The molecule has 0 aromatic heterocycles. The van der Waals surface area contributed by atoms with E-state index in [0.717, 1.165) is 119 Å². The summed E-state index contributed by atoms with van der Waals surface area (Å²) in [5, 5.41) is 40.8. The number of hydrogen-bond donors (Lipinski definition) is 6. The molecule has 6 aliphatic carbocycles. The Morgan fingerprint density at radius 1 is 0.603 bits per heavy atom. The highest BCUT2D eigenvalue weighted by Gasteiger charge is 3.09. The Bertz CT molecular complexity index is 1730. The third-order valence-corrected chi connectivity index (χ3v) is 16.7. The second-order valence-corrected chi connectivity index (χ2v) is 18.9. The van der Waals surface area contributed by atoms with Gasteiger partial charge in [-0.25, -0.2) is 0 Å². The van der Waals surface area contributed by atoms with Gasteiger partial charge in [0.1, 0.15) is 0 Å². The highest BCUT2D eigenvalue weighted by atomic mass is 35.5. The van der Waals surface area contributed by atoms with E-state index in [2.05, 4.69) is 69.4 Å². The van der Waals surface area contributed by atoms with E-state index in [4.69, 9.17) is 0 Å². The molecule has 14 heteroatoms. The first-order valence-corrected chi connectivity index (χ1v) is 20.9. The van der Waals surface area contributed by atoms with Gasteiger partial charge >= 0.3 is 17.9 Å². The van der Waals surface area contributed by atoms with E-state index in [9.17, 15) is 29.7 Å². The average molecular weight is 883 g/mol. The van der Waals surface area contributed by atoms with Crippen LogP contribution in [-0.4, -0.2) is 83.9 Å². The summed E-state index contributed by atoms with van der Waals surface area (Å²) in [7, 11) is 0. The molecule has 6 N–H and O–H groups in total. The van der Waals surface area contributed by atoms with Crippen molar-refractivity contribution in [1.82, 2.24) is 20.9 Å². The van der Waals surface area contributed by atoms with Crippen LogP contribution in [0.15, 0.2) is 48.5 Å². The van der Waals surface area contributed by atoms with Crippen LogP contribution in [0.3, 0.4) is 0 Å². The van der Waals surface area contributed by atoms with E-state index in [0.29, 0.717) is 30.1 Å². The minimum atomic E-state index is -0.714. The molecule has 10 nitrogen and oxygen atoms in total. The normalized spacial score (nSPS) is 36.3. The van der Waals surface area contributed by atoms with Crippen LogP contribution in [-0.2, 0) is 40.3 Å². The van der Waals surface area contributed by atoms with Crippen molar-refractivity contribution >= 4 is 67.5 Å². The Kier molecular flexibility index (Phi) is 13.5. The monoisotopic (exact) mass is 880 g/mol. The van der Waals surface area contributed by atoms with Crippen LogP contribution >= 0.6 is 49.6 Å². The number of nitrogens with zero attached hydrogens (tertiary/aromatic N) is 1. The molecule has 0 amide bonds. The molecular weight excluding hydrogens is 822 g/mol. The van der Waals surface area contributed by atoms with Gasteiger partial charge in [0.05, 0.1) is 17.8 Å². The van der Waals surface area contributed by atoms with Crippen LogP contribution in [0.1, 0.15) is 47.9 Å². The van der Waals surface area contributed by atoms with Crippen LogP contribution in [0.4, 0.5) is 0 Å². The Morgan fingerprint density at radius 3 is 1.40 bits per heavy atom. The van der Waals surface area contributed by atoms with E-state index in [-0.39, 0.29) is 78.7 Å². The van der Waals surface area contributed by atoms with Gasteiger partial charge in [-0.05, 0) is 164 Å². The van der Waals surface area contributed by atoms with Crippen LogP contribution in [0, 0.1) is 81.8 Å². The number of nitrogens with one attached hydrogen (secondary N) is 3. The van der Waals surface area contributed by atoms with Gasteiger partial charge < -0.3 is 31.3 Å². The van der Waals surface area contributed by atoms with E-state index >= 15 is 0 Å². The second-order valence-electron chi connectivity index (χ2n) is 18.9. The third kappa shape index (κ3) is 6.79.